The molecule has 8 heteroatoms. The first-order valence-electron chi connectivity index (χ1n) is 7.17. The van der Waals surface area contributed by atoms with Gasteiger partial charge in [-0.2, -0.15) is 13.2 Å². The normalized spacial score (nSPS) is 13.8. The van der Waals surface area contributed by atoms with Crippen LogP contribution in [0.4, 0.5) is 18.0 Å². The van der Waals surface area contributed by atoms with E-state index in [2.05, 4.69) is 16.0 Å². The summed E-state index contributed by atoms with van der Waals surface area (Å²) in [6.07, 6.45) is -4.50. The fourth-order valence-corrected chi connectivity index (χ4v) is 2.04. The van der Waals surface area contributed by atoms with Gasteiger partial charge in [-0.1, -0.05) is 18.2 Å². The molecular formula is C15H20F3N3O2. The Morgan fingerprint density at radius 2 is 1.74 bits per heavy atom. The van der Waals surface area contributed by atoms with Crippen molar-refractivity contribution in [3.05, 3.63) is 35.4 Å². The Balaban J connectivity index is 2.75. The molecule has 0 spiro atoms. The number of nitrogens with one attached hydrogen (secondary N) is 3. The van der Waals surface area contributed by atoms with E-state index in [-0.39, 0.29) is 11.5 Å². The first-order valence-corrected chi connectivity index (χ1v) is 7.17. The summed E-state index contributed by atoms with van der Waals surface area (Å²) in [6.45, 7) is 5.09. The summed E-state index contributed by atoms with van der Waals surface area (Å²) < 4.78 is 38.9. The summed E-state index contributed by atoms with van der Waals surface area (Å²) in [7, 11) is 0. The second kappa shape index (κ2) is 7.85. The molecular weight excluding hydrogens is 311 g/mol. The number of carbonyl (C=O) groups excluding carboxylic acids is 2. The summed E-state index contributed by atoms with van der Waals surface area (Å²) >= 11 is 0. The first kappa shape index (κ1) is 18.8. The zero-order valence-electron chi connectivity index (χ0n) is 13.1. The lowest BCUT2D eigenvalue weighted by Gasteiger charge is -2.21. The van der Waals surface area contributed by atoms with Gasteiger partial charge < -0.3 is 16.0 Å². The Kier molecular flexibility index (Phi) is 6.41. The molecule has 3 N–H and O–H groups in total. The summed E-state index contributed by atoms with van der Waals surface area (Å²) in [5, 5.41) is 7.32. The van der Waals surface area contributed by atoms with Crippen LogP contribution in [0.2, 0.25) is 0 Å². The van der Waals surface area contributed by atoms with E-state index in [1.807, 2.05) is 0 Å². The van der Waals surface area contributed by atoms with Gasteiger partial charge in [0.05, 0.1) is 11.6 Å². The fraction of sp³-hybridized carbons (Fsp3) is 0.467. The molecule has 128 valence electrons. The van der Waals surface area contributed by atoms with Gasteiger partial charge in [0, 0.05) is 6.54 Å². The molecule has 0 heterocycles. The van der Waals surface area contributed by atoms with Crippen LogP contribution in [-0.4, -0.2) is 24.5 Å². The van der Waals surface area contributed by atoms with Crippen molar-refractivity contribution >= 4 is 11.9 Å². The first-order chi connectivity index (χ1) is 10.7. The number of likely N-dealkylation sites (N-methyl/N-ethyl adjacent to an activating group) is 1. The van der Waals surface area contributed by atoms with Crippen molar-refractivity contribution in [2.24, 2.45) is 0 Å². The van der Waals surface area contributed by atoms with Crippen molar-refractivity contribution in [3.8, 4) is 0 Å². The number of urea groups is 1. The van der Waals surface area contributed by atoms with Crippen molar-refractivity contribution < 1.29 is 22.8 Å². The van der Waals surface area contributed by atoms with Crippen LogP contribution in [0.25, 0.3) is 0 Å². The minimum atomic E-state index is -4.50. The predicted octanol–water partition coefficient (Wildman–Crippen LogP) is 2.59. The van der Waals surface area contributed by atoms with Gasteiger partial charge in [0.25, 0.3) is 0 Å². The Morgan fingerprint density at radius 1 is 1.13 bits per heavy atom. The number of hydrogen-bond acceptors (Lipinski definition) is 2. The Bertz CT molecular complexity index is 561. The molecule has 1 rings (SSSR count). The van der Waals surface area contributed by atoms with E-state index < -0.39 is 29.9 Å². The van der Waals surface area contributed by atoms with Crippen molar-refractivity contribution in [2.45, 2.75) is 39.0 Å². The van der Waals surface area contributed by atoms with E-state index >= 15 is 0 Å². The molecule has 0 aliphatic rings. The van der Waals surface area contributed by atoms with Crippen molar-refractivity contribution in [1.29, 1.82) is 0 Å². The molecule has 23 heavy (non-hydrogen) atoms. The van der Waals surface area contributed by atoms with Crippen LogP contribution in [0.1, 0.15) is 37.9 Å². The predicted molar refractivity (Wildman–Crippen MR) is 79.7 cm³/mol. The lowest BCUT2D eigenvalue weighted by atomic mass is 10.0. The highest BCUT2D eigenvalue weighted by Crippen LogP contribution is 2.34. The van der Waals surface area contributed by atoms with E-state index in [1.165, 1.54) is 32.0 Å². The fourth-order valence-electron chi connectivity index (χ4n) is 2.04. The van der Waals surface area contributed by atoms with E-state index in [9.17, 15) is 22.8 Å². The Labute approximate surface area is 132 Å². The highest BCUT2D eigenvalue weighted by molar-refractivity contribution is 5.86. The number of rotatable bonds is 5. The smallest absolute Gasteiger partial charge is 0.355 e. The third-order valence-electron chi connectivity index (χ3n) is 3.17. The average molecular weight is 331 g/mol. The van der Waals surface area contributed by atoms with Crippen LogP contribution < -0.4 is 16.0 Å². The van der Waals surface area contributed by atoms with Crippen molar-refractivity contribution in [2.75, 3.05) is 6.54 Å². The third kappa shape index (κ3) is 5.46. The van der Waals surface area contributed by atoms with Gasteiger partial charge in [-0.15, -0.1) is 0 Å². The molecule has 5 nitrogen and oxygen atoms in total. The second-order valence-electron chi connectivity index (χ2n) is 5.04. The summed E-state index contributed by atoms with van der Waals surface area (Å²) in [4.78, 5) is 23.3. The zero-order chi connectivity index (χ0) is 17.6. The molecule has 0 aromatic heterocycles. The van der Waals surface area contributed by atoms with Gasteiger partial charge in [-0.25, -0.2) is 4.79 Å². The van der Waals surface area contributed by atoms with Gasteiger partial charge in [-0.05, 0) is 32.4 Å². The standard InChI is InChI=1S/C15H20F3N3O2/c1-4-19-13(22)10(3)21-14(23)20-9(2)11-7-5-6-8-12(11)15(16,17)18/h5-10H,4H2,1-3H3,(H,19,22)(H2,20,21,23)/t9-,10+/m0/s1. The van der Waals surface area contributed by atoms with Crippen LogP contribution in [0, 0.1) is 0 Å². The molecule has 0 aliphatic heterocycles. The SMILES string of the molecule is CCNC(=O)[C@@H](C)NC(=O)N[C@@H](C)c1ccccc1C(F)(F)F. The number of benzene rings is 1. The molecule has 0 fully saturated rings. The molecule has 1 aromatic rings. The molecule has 0 bridgehead atoms. The second-order valence-corrected chi connectivity index (χ2v) is 5.04. The molecule has 0 radical (unpaired) electrons. The summed E-state index contributed by atoms with van der Waals surface area (Å²) in [5.74, 6) is -0.369. The van der Waals surface area contributed by atoms with Gasteiger partial charge in [0.2, 0.25) is 5.91 Å². The maximum Gasteiger partial charge on any atom is 0.416 e. The molecule has 2 atom stereocenters. The molecule has 0 saturated heterocycles. The molecule has 0 aliphatic carbocycles. The van der Waals surface area contributed by atoms with Crippen LogP contribution in [0.15, 0.2) is 24.3 Å². The number of alkyl halides is 3. The Hall–Kier alpha value is -2.25. The van der Waals surface area contributed by atoms with Crippen molar-refractivity contribution in [1.82, 2.24) is 16.0 Å². The zero-order valence-corrected chi connectivity index (χ0v) is 13.1. The van der Waals surface area contributed by atoms with E-state index in [4.69, 9.17) is 0 Å². The van der Waals surface area contributed by atoms with Crippen LogP contribution in [-0.2, 0) is 11.0 Å². The maximum absolute atomic E-state index is 13.0. The monoisotopic (exact) mass is 331 g/mol. The highest BCUT2D eigenvalue weighted by atomic mass is 19.4. The van der Waals surface area contributed by atoms with Gasteiger partial charge >= 0.3 is 12.2 Å². The van der Waals surface area contributed by atoms with E-state index in [0.29, 0.717) is 6.54 Å². The topological polar surface area (TPSA) is 70.2 Å². The van der Waals surface area contributed by atoms with Crippen molar-refractivity contribution in [3.63, 3.8) is 0 Å². The lowest BCUT2D eigenvalue weighted by Crippen LogP contribution is -2.48. The highest BCUT2D eigenvalue weighted by Gasteiger charge is 2.34. The Morgan fingerprint density at radius 3 is 2.30 bits per heavy atom. The van der Waals surface area contributed by atoms with Crippen LogP contribution >= 0.6 is 0 Å². The van der Waals surface area contributed by atoms with Gasteiger partial charge in [-0.3, -0.25) is 4.79 Å². The lowest BCUT2D eigenvalue weighted by molar-refractivity contribution is -0.138. The molecule has 3 amide bonds. The number of halogens is 3. The average Bonchev–Trinajstić information content (AvgIpc) is 2.46. The van der Waals surface area contributed by atoms with Gasteiger partial charge in [0.1, 0.15) is 6.04 Å². The number of hydrogen-bond donors (Lipinski definition) is 3. The third-order valence-corrected chi connectivity index (χ3v) is 3.17. The maximum atomic E-state index is 13.0. The van der Waals surface area contributed by atoms with Crippen LogP contribution in [0.3, 0.4) is 0 Å². The molecule has 0 unspecified atom stereocenters. The summed E-state index contributed by atoms with van der Waals surface area (Å²) in [6, 6.07) is 2.65. The van der Waals surface area contributed by atoms with E-state index in [0.717, 1.165) is 6.07 Å². The van der Waals surface area contributed by atoms with Crippen LogP contribution in [0.5, 0.6) is 0 Å². The van der Waals surface area contributed by atoms with Gasteiger partial charge in [0.15, 0.2) is 0 Å². The quantitative estimate of drug-likeness (QED) is 0.776. The largest absolute Gasteiger partial charge is 0.416 e. The van der Waals surface area contributed by atoms with E-state index in [1.54, 1.807) is 6.92 Å². The number of carbonyl (C=O) groups is 2. The number of amides is 3. The molecule has 0 saturated carbocycles. The minimum Gasteiger partial charge on any atom is -0.355 e. The summed E-state index contributed by atoms with van der Waals surface area (Å²) in [5.41, 5.74) is -0.842. The molecule has 1 aromatic carbocycles. The minimum absolute atomic E-state index is 0.0409.